The molecule has 4 heteroatoms. The van der Waals surface area contributed by atoms with Crippen molar-refractivity contribution in [2.24, 2.45) is 5.73 Å². The highest BCUT2D eigenvalue weighted by atomic mass is 19.3. The quantitative estimate of drug-likeness (QED) is 0.857. The predicted octanol–water partition coefficient (Wildman–Crippen LogP) is 2.36. The van der Waals surface area contributed by atoms with E-state index in [1.54, 1.807) is 24.3 Å². The summed E-state index contributed by atoms with van der Waals surface area (Å²) in [6.45, 7) is 0. The van der Waals surface area contributed by atoms with Crippen LogP contribution in [0.2, 0.25) is 0 Å². The minimum Gasteiger partial charge on any atom is -0.497 e. The zero-order chi connectivity index (χ0) is 11.8. The van der Waals surface area contributed by atoms with E-state index in [-0.39, 0.29) is 6.42 Å². The standard InChI is InChI=1S/C12H15F2NO/c1-16-10-4-2-3-9(7-10)8-12(13,14)11(15)5-6-11/h2-4,7H,5-6,8,15H2,1H3. The zero-order valence-electron chi connectivity index (χ0n) is 9.17. The summed E-state index contributed by atoms with van der Waals surface area (Å²) in [6.07, 6.45) is 0.495. The summed E-state index contributed by atoms with van der Waals surface area (Å²) in [5, 5.41) is 0. The second kappa shape index (κ2) is 3.70. The van der Waals surface area contributed by atoms with E-state index in [4.69, 9.17) is 10.5 Å². The van der Waals surface area contributed by atoms with Crippen molar-refractivity contribution in [2.75, 3.05) is 7.11 Å². The molecule has 2 N–H and O–H groups in total. The fraction of sp³-hybridized carbons (Fsp3) is 0.500. The van der Waals surface area contributed by atoms with Crippen LogP contribution in [-0.2, 0) is 6.42 Å². The summed E-state index contributed by atoms with van der Waals surface area (Å²) in [6, 6.07) is 6.74. The minimum atomic E-state index is -2.83. The van der Waals surface area contributed by atoms with Crippen LogP contribution in [0.3, 0.4) is 0 Å². The summed E-state index contributed by atoms with van der Waals surface area (Å²) < 4.78 is 32.5. The Labute approximate surface area is 93.4 Å². The number of methoxy groups -OCH3 is 1. The second-order valence-electron chi connectivity index (χ2n) is 4.39. The van der Waals surface area contributed by atoms with Gasteiger partial charge >= 0.3 is 0 Å². The van der Waals surface area contributed by atoms with Crippen molar-refractivity contribution in [3.8, 4) is 5.75 Å². The molecule has 0 aromatic heterocycles. The third-order valence-corrected chi connectivity index (χ3v) is 3.08. The Morgan fingerprint density at radius 3 is 2.69 bits per heavy atom. The van der Waals surface area contributed by atoms with Gasteiger partial charge in [-0.2, -0.15) is 0 Å². The first-order valence-electron chi connectivity index (χ1n) is 5.26. The number of benzene rings is 1. The molecule has 1 aliphatic carbocycles. The van der Waals surface area contributed by atoms with Gasteiger partial charge in [0.2, 0.25) is 0 Å². The average Bonchev–Trinajstić information content (AvgIpc) is 2.98. The molecule has 1 saturated carbocycles. The molecule has 0 atom stereocenters. The van der Waals surface area contributed by atoms with Gasteiger partial charge in [0.05, 0.1) is 12.6 Å². The van der Waals surface area contributed by atoms with Crippen LogP contribution in [0.4, 0.5) is 8.78 Å². The van der Waals surface area contributed by atoms with E-state index in [0.717, 1.165) is 0 Å². The molecule has 0 heterocycles. The van der Waals surface area contributed by atoms with Crippen molar-refractivity contribution in [3.63, 3.8) is 0 Å². The molecule has 2 nitrogen and oxygen atoms in total. The van der Waals surface area contributed by atoms with Gasteiger partial charge in [0.25, 0.3) is 5.92 Å². The predicted molar refractivity (Wildman–Crippen MR) is 57.8 cm³/mol. The molecule has 0 saturated heterocycles. The fourth-order valence-electron chi connectivity index (χ4n) is 1.72. The number of hydrogen-bond acceptors (Lipinski definition) is 2. The summed E-state index contributed by atoms with van der Waals surface area (Å²) >= 11 is 0. The largest absolute Gasteiger partial charge is 0.497 e. The third kappa shape index (κ3) is 2.02. The first kappa shape index (κ1) is 11.3. The Kier molecular flexibility index (Phi) is 2.62. The molecule has 0 amide bonds. The third-order valence-electron chi connectivity index (χ3n) is 3.08. The Morgan fingerprint density at radius 2 is 2.12 bits per heavy atom. The van der Waals surface area contributed by atoms with Gasteiger partial charge in [-0.05, 0) is 30.5 Å². The van der Waals surface area contributed by atoms with Crippen molar-refractivity contribution in [2.45, 2.75) is 30.7 Å². The summed E-state index contributed by atoms with van der Waals surface area (Å²) in [5.41, 5.74) is 4.84. The molecule has 0 spiro atoms. The fourth-order valence-corrected chi connectivity index (χ4v) is 1.72. The summed E-state index contributed by atoms with van der Waals surface area (Å²) in [5.74, 6) is -2.24. The number of nitrogens with two attached hydrogens (primary N) is 1. The maximum atomic E-state index is 13.7. The second-order valence-corrected chi connectivity index (χ2v) is 4.39. The van der Waals surface area contributed by atoms with Gasteiger partial charge in [0.1, 0.15) is 5.75 Å². The summed E-state index contributed by atoms with van der Waals surface area (Å²) in [4.78, 5) is 0. The van der Waals surface area contributed by atoms with E-state index in [0.29, 0.717) is 24.2 Å². The maximum absolute atomic E-state index is 13.7. The highest BCUT2D eigenvalue weighted by Crippen LogP contribution is 2.47. The van der Waals surface area contributed by atoms with Crippen molar-refractivity contribution < 1.29 is 13.5 Å². The van der Waals surface area contributed by atoms with Crippen molar-refractivity contribution >= 4 is 0 Å². The Balaban J connectivity index is 2.14. The van der Waals surface area contributed by atoms with Crippen LogP contribution < -0.4 is 10.5 Å². The molecular formula is C12H15F2NO. The minimum absolute atomic E-state index is 0.319. The number of ether oxygens (including phenoxy) is 1. The molecular weight excluding hydrogens is 212 g/mol. The molecule has 16 heavy (non-hydrogen) atoms. The van der Waals surface area contributed by atoms with E-state index in [2.05, 4.69) is 0 Å². The summed E-state index contributed by atoms with van der Waals surface area (Å²) in [7, 11) is 1.52. The number of alkyl halides is 2. The highest BCUT2D eigenvalue weighted by Gasteiger charge is 2.58. The molecule has 0 aliphatic heterocycles. The average molecular weight is 227 g/mol. The van der Waals surface area contributed by atoms with Gasteiger partial charge in [-0.15, -0.1) is 0 Å². The van der Waals surface area contributed by atoms with Crippen LogP contribution >= 0.6 is 0 Å². The smallest absolute Gasteiger partial charge is 0.269 e. The monoisotopic (exact) mass is 227 g/mol. The first-order valence-corrected chi connectivity index (χ1v) is 5.26. The van der Waals surface area contributed by atoms with Gasteiger partial charge < -0.3 is 10.5 Å². The van der Waals surface area contributed by atoms with Crippen LogP contribution in [0.1, 0.15) is 18.4 Å². The number of halogens is 2. The Hall–Kier alpha value is -1.16. The van der Waals surface area contributed by atoms with Crippen LogP contribution in [-0.4, -0.2) is 18.6 Å². The molecule has 0 radical (unpaired) electrons. The van der Waals surface area contributed by atoms with Gasteiger partial charge in [-0.3, -0.25) is 0 Å². The molecule has 88 valence electrons. The molecule has 1 aliphatic rings. The van der Waals surface area contributed by atoms with E-state index in [1.165, 1.54) is 7.11 Å². The number of hydrogen-bond donors (Lipinski definition) is 1. The van der Waals surface area contributed by atoms with Crippen LogP contribution in [0, 0.1) is 0 Å². The van der Waals surface area contributed by atoms with Gasteiger partial charge in [0, 0.05) is 6.42 Å². The lowest BCUT2D eigenvalue weighted by Gasteiger charge is -2.23. The van der Waals surface area contributed by atoms with Crippen LogP contribution in [0.25, 0.3) is 0 Å². The normalized spacial score (nSPS) is 18.2. The molecule has 1 aromatic carbocycles. The van der Waals surface area contributed by atoms with E-state index in [1.807, 2.05) is 0 Å². The van der Waals surface area contributed by atoms with Crippen molar-refractivity contribution in [1.29, 1.82) is 0 Å². The van der Waals surface area contributed by atoms with Crippen molar-refractivity contribution in [1.82, 2.24) is 0 Å². The van der Waals surface area contributed by atoms with E-state index in [9.17, 15) is 8.78 Å². The van der Waals surface area contributed by atoms with Gasteiger partial charge in [-0.1, -0.05) is 12.1 Å². The Morgan fingerprint density at radius 1 is 1.44 bits per heavy atom. The molecule has 0 unspecified atom stereocenters. The Bertz CT molecular complexity index is 388. The van der Waals surface area contributed by atoms with Crippen LogP contribution in [0.15, 0.2) is 24.3 Å². The van der Waals surface area contributed by atoms with Gasteiger partial charge in [0.15, 0.2) is 0 Å². The SMILES string of the molecule is COc1cccc(CC(F)(F)C2(N)CC2)c1. The lowest BCUT2D eigenvalue weighted by molar-refractivity contribution is -0.0350. The van der Waals surface area contributed by atoms with Crippen molar-refractivity contribution in [3.05, 3.63) is 29.8 Å². The molecule has 0 bridgehead atoms. The molecule has 1 fully saturated rings. The van der Waals surface area contributed by atoms with E-state index >= 15 is 0 Å². The highest BCUT2D eigenvalue weighted by molar-refractivity contribution is 5.30. The molecule has 1 aromatic rings. The topological polar surface area (TPSA) is 35.2 Å². The maximum Gasteiger partial charge on any atom is 0.269 e. The first-order chi connectivity index (χ1) is 7.47. The number of rotatable bonds is 4. The zero-order valence-corrected chi connectivity index (χ0v) is 9.17. The van der Waals surface area contributed by atoms with Gasteiger partial charge in [-0.25, -0.2) is 8.78 Å². The van der Waals surface area contributed by atoms with Crippen LogP contribution in [0.5, 0.6) is 5.75 Å². The lowest BCUT2D eigenvalue weighted by Crippen LogP contribution is -2.45. The molecule has 2 rings (SSSR count). The lowest BCUT2D eigenvalue weighted by atomic mass is 10.00. The van der Waals surface area contributed by atoms with E-state index < -0.39 is 11.5 Å².